The van der Waals surface area contributed by atoms with Gasteiger partial charge in [0.1, 0.15) is 9.71 Å². The van der Waals surface area contributed by atoms with Crippen LogP contribution in [0.4, 0.5) is 10.8 Å². The molecule has 0 saturated heterocycles. The summed E-state index contributed by atoms with van der Waals surface area (Å²) < 4.78 is 6.10. The highest BCUT2D eigenvalue weighted by atomic mass is 32.1. The number of hydrogen-bond acceptors (Lipinski definition) is 7. The molecular formula is C17H17N3O3S2. The van der Waals surface area contributed by atoms with Gasteiger partial charge in [-0.15, -0.1) is 11.3 Å². The number of rotatable bonds is 6. The molecule has 130 valence electrons. The Morgan fingerprint density at radius 1 is 1.24 bits per heavy atom. The van der Waals surface area contributed by atoms with Crippen LogP contribution < -0.4 is 10.6 Å². The van der Waals surface area contributed by atoms with Gasteiger partial charge >= 0.3 is 5.97 Å². The zero-order valence-corrected chi connectivity index (χ0v) is 15.4. The lowest BCUT2D eigenvalue weighted by molar-refractivity contribution is -0.128. The zero-order valence-electron chi connectivity index (χ0n) is 13.7. The number of esters is 1. The van der Waals surface area contributed by atoms with Gasteiger partial charge in [0.2, 0.25) is 0 Å². The van der Waals surface area contributed by atoms with Crippen molar-refractivity contribution in [3.05, 3.63) is 41.3 Å². The monoisotopic (exact) mass is 375 g/mol. The highest BCUT2D eigenvalue weighted by Gasteiger charge is 2.21. The normalized spacial score (nSPS) is 11.9. The Kier molecular flexibility index (Phi) is 5.30. The molecule has 0 aliphatic heterocycles. The average molecular weight is 375 g/mol. The molecule has 0 spiro atoms. The number of amides is 1. The fraction of sp³-hybridized carbons (Fsp3) is 0.235. The predicted molar refractivity (Wildman–Crippen MR) is 101 cm³/mol. The number of thiophene rings is 1. The van der Waals surface area contributed by atoms with Crippen LogP contribution >= 0.6 is 22.7 Å². The molecule has 2 heterocycles. The number of benzene rings is 1. The molecule has 1 aromatic carbocycles. The van der Waals surface area contributed by atoms with E-state index < -0.39 is 12.1 Å². The third-order valence-corrected chi connectivity index (χ3v) is 5.38. The second kappa shape index (κ2) is 7.62. The molecule has 0 saturated carbocycles. The van der Waals surface area contributed by atoms with Gasteiger partial charge in [-0.2, -0.15) is 0 Å². The van der Waals surface area contributed by atoms with Gasteiger partial charge in [0.15, 0.2) is 11.2 Å². The molecule has 8 heteroatoms. The maximum Gasteiger partial charge on any atom is 0.349 e. The largest absolute Gasteiger partial charge is 0.448 e. The van der Waals surface area contributed by atoms with E-state index in [2.05, 4.69) is 15.6 Å². The summed E-state index contributed by atoms with van der Waals surface area (Å²) in [5.74, 6) is -0.812. The first-order valence-corrected chi connectivity index (χ1v) is 9.41. The van der Waals surface area contributed by atoms with Crippen LogP contribution in [0.15, 0.2) is 36.4 Å². The molecule has 6 nitrogen and oxygen atoms in total. The van der Waals surface area contributed by atoms with Crippen LogP contribution in [0.5, 0.6) is 0 Å². The Morgan fingerprint density at radius 3 is 2.68 bits per heavy atom. The maximum atomic E-state index is 12.2. The summed E-state index contributed by atoms with van der Waals surface area (Å²) in [6.45, 7) is 3.86. The molecule has 0 aliphatic rings. The topological polar surface area (TPSA) is 80.3 Å². The number of carbonyl (C=O) groups is 2. The Hall–Kier alpha value is -2.45. The van der Waals surface area contributed by atoms with E-state index >= 15 is 0 Å². The minimum atomic E-state index is -0.823. The van der Waals surface area contributed by atoms with E-state index in [1.807, 2.05) is 37.3 Å². The molecule has 2 N–H and O–H groups in total. The Morgan fingerprint density at radius 2 is 2.00 bits per heavy atom. The SMILES string of the molecule is CCNC(=O)[C@H](C)OC(=O)c1cc2sc(Nc3ccccc3)nc2s1. The molecule has 2 aromatic heterocycles. The van der Waals surface area contributed by atoms with Crippen molar-refractivity contribution in [2.45, 2.75) is 20.0 Å². The molecule has 0 unspecified atom stereocenters. The molecule has 1 atom stereocenters. The van der Waals surface area contributed by atoms with E-state index in [0.717, 1.165) is 20.3 Å². The van der Waals surface area contributed by atoms with Crippen molar-refractivity contribution in [2.24, 2.45) is 0 Å². The third kappa shape index (κ3) is 4.15. The van der Waals surface area contributed by atoms with Crippen molar-refractivity contribution in [3.63, 3.8) is 0 Å². The quantitative estimate of drug-likeness (QED) is 0.641. The van der Waals surface area contributed by atoms with Crippen molar-refractivity contribution < 1.29 is 14.3 Å². The summed E-state index contributed by atoms with van der Waals surface area (Å²) in [5.41, 5.74) is 0.958. The average Bonchev–Trinajstić information content (AvgIpc) is 3.14. The number of nitrogens with one attached hydrogen (secondary N) is 2. The molecule has 1 amide bonds. The molecular weight excluding hydrogens is 358 g/mol. The van der Waals surface area contributed by atoms with Crippen molar-refractivity contribution in [1.29, 1.82) is 0 Å². The van der Waals surface area contributed by atoms with Crippen molar-refractivity contribution in [3.8, 4) is 0 Å². The van der Waals surface area contributed by atoms with Crippen molar-refractivity contribution >= 4 is 54.9 Å². The van der Waals surface area contributed by atoms with Crippen LogP contribution in [0, 0.1) is 0 Å². The van der Waals surface area contributed by atoms with Gasteiger partial charge < -0.3 is 15.4 Å². The summed E-state index contributed by atoms with van der Waals surface area (Å²) in [7, 11) is 0. The van der Waals surface area contributed by atoms with E-state index in [9.17, 15) is 9.59 Å². The smallest absolute Gasteiger partial charge is 0.349 e. The zero-order chi connectivity index (χ0) is 17.8. The highest BCUT2D eigenvalue weighted by Crippen LogP contribution is 2.34. The third-order valence-electron chi connectivity index (χ3n) is 3.32. The number of ether oxygens (including phenoxy) is 1. The van der Waals surface area contributed by atoms with Gasteiger partial charge in [0, 0.05) is 12.2 Å². The van der Waals surface area contributed by atoms with E-state index in [4.69, 9.17) is 4.74 Å². The standard InChI is InChI=1S/C17H17N3O3S2/c1-3-18-14(21)10(2)23-16(22)13-9-12-15(24-13)20-17(25-12)19-11-7-5-4-6-8-11/h4-10H,3H2,1-2H3,(H,18,21)(H,19,20)/t10-/m0/s1. The van der Waals surface area contributed by atoms with Crippen LogP contribution in [-0.4, -0.2) is 29.5 Å². The number of carbonyl (C=O) groups excluding carboxylic acids is 2. The number of thiazole rings is 1. The molecule has 3 aromatic rings. The van der Waals surface area contributed by atoms with E-state index in [-0.39, 0.29) is 5.91 Å². The van der Waals surface area contributed by atoms with Gasteiger partial charge in [0.25, 0.3) is 5.91 Å². The Bertz CT molecular complexity index is 858. The second-order valence-electron chi connectivity index (χ2n) is 5.23. The summed E-state index contributed by atoms with van der Waals surface area (Å²) in [4.78, 5) is 29.5. The second-order valence-corrected chi connectivity index (χ2v) is 7.29. The van der Waals surface area contributed by atoms with Gasteiger partial charge in [-0.1, -0.05) is 29.5 Å². The van der Waals surface area contributed by atoms with Crippen molar-refractivity contribution in [2.75, 3.05) is 11.9 Å². The fourth-order valence-electron chi connectivity index (χ4n) is 2.12. The predicted octanol–water partition coefficient (Wildman–Crippen LogP) is 3.78. The lowest BCUT2D eigenvalue weighted by Crippen LogP contribution is -2.35. The maximum absolute atomic E-state index is 12.2. The van der Waals surface area contributed by atoms with Crippen LogP contribution in [0.1, 0.15) is 23.5 Å². The number of anilines is 2. The van der Waals surface area contributed by atoms with Gasteiger partial charge in [-0.3, -0.25) is 4.79 Å². The fourth-order valence-corrected chi connectivity index (χ4v) is 4.14. The van der Waals surface area contributed by atoms with Crippen molar-refractivity contribution in [1.82, 2.24) is 10.3 Å². The first-order chi connectivity index (χ1) is 12.1. The first kappa shape index (κ1) is 17.4. The van der Waals surface area contributed by atoms with E-state index in [1.165, 1.54) is 22.7 Å². The minimum Gasteiger partial charge on any atom is -0.448 e. The highest BCUT2D eigenvalue weighted by molar-refractivity contribution is 7.29. The Balaban J connectivity index is 1.69. The lowest BCUT2D eigenvalue weighted by atomic mass is 10.3. The van der Waals surface area contributed by atoms with Crippen LogP contribution in [0.2, 0.25) is 0 Å². The first-order valence-electron chi connectivity index (χ1n) is 7.78. The molecule has 0 aliphatic carbocycles. The number of para-hydroxylation sites is 1. The van der Waals surface area contributed by atoms with Crippen LogP contribution in [0.25, 0.3) is 9.53 Å². The minimum absolute atomic E-state index is 0.304. The number of hydrogen-bond donors (Lipinski definition) is 2. The van der Waals surface area contributed by atoms with Crippen LogP contribution in [-0.2, 0) is 9.53 Å². The lowest BCUT2D eigenvalue weighted by Gasteiger charge is -2.11. The molecule has 0 bridgehead atoms. The molecule has 0 fully saturated rings. The van der Waals surface area contributed by atoms with Gasteiger partial charge in [-0.05, 0) is 32.0 Å². The van der Waals surface area contributed by atoms with Gasteiger partial charge in [-0.25, -0.2) is 9.78 Å². The summed E-state index contributed by atoms with van der Waals surface area (Å²) in [6, 6.07) is 11.5. The summed E-state index contributed by atoms with van der Waals surface area (Å²) in [6.07, 6.45) is -0.823. The molecule has 3 rings (SSSR count). The summed E-state index contributed by atoms with van der Waals surface area (Å²) in [5, 5.41) is 6.62. The molecule has 0 radical (unpaired) electrons. The Labute approximate surface area is 152 Å². The van der Waals surface area contributed by atoms with E-state index in [1.54, 1.807) is 13.0 Å². The molecule has 25 heavy (non-hydrogen) atoms. The summed E-state index contributed by atoms with van der Waals surface area (Å²) >= 11 is 2.72. The van der Waals surface area contributed by atoms with Crippen LogP contribution in [0.3, 0.4) is 0 Å². The number of fused-ring (bicyclic) bond motifs is 1. The number of likely N-dealkylation sites (N-methyl/N-ethyl adjacent to an activating group) is 1. The number of nitrogens with zero attached hydrogens (tertiary/aromatic N) is 1. The van der Waals surface area contributed by atoms with Gasteiger partial charge in [0.05, 0.1) is 4.70 Å². The number of aromatic nitrogens is 1. The van der Waals surface area contributed by atoms with E-state index in [0.29, 0.717) is 11.4 Å².